The van der Waals surface area contributed by atoms with Crippen LogP contribution in [-0.4, -0.2) is 36.4 Å². The first-order chi connectivity index (χ1) is 18.9. The number of benzene rings is 2. The molecule has 3 aromatic rings. The molecule has 1 aromatic heterocycles. The summed E-state index contributed by atoms with van der Waals surface area (Å²) in [4.78, 5) is 10.8. The lowest BCUT2D eigenvalue weighted by Gasteiger charge is -2.23. The number of nitrogens with two attached hydrogens (primary N) is 2. The second kappa shape index (κ2) is 17.0. The first-order valence-corrected chi connectivity index (χ1v) is 14.3. The van der Waals surface area contributed by atoms with Crippen LogP contribution in [0.3, 0.4) is 0 Å². The van der Waals surface area contributed by atoms with Crippen LogP contribution in [0.4, 0.5) is 0 Å². The Morgan fingerprint density at radius 2 is 1.72 bits per heavy atom. The lowest BCUT2D eigenvalue weighted by atomic mass is 10.0. The summed E-state index contributed by atoms with van der Waals surface area (Å²) in [7, 11) is 3.93. The molecule has 6 heteroatoms. The highest BCUT2D eigenvalue weighted by molar-refractivity contribution is 6.04. The molecular formula is C33H48N6. The van der Waals surface area contributed by atoms with Gasteiger partial charge in [0.15, 0.2) is 0 Å². The van der Waals surface area contributed by atoms with Gasteiger partial charge in [-0.05, 0) is 38.1 Å². The highest BCUT2D eigenvalue weighted by Crippen LogP contribution is 2.25. The van der Waals surface area contributed by atoms with E-state index < -0.39 is 0 Å². The number of likely N-dealkylation sites (N-methyl/N-ethyl adjacent to an activating group) is 1. The fraction of sp³-hybridized carbons (Fsp3) is 0.394. The van der Waals surface area contributed by atoms with Crippen molar-refractivity contribution in [3.05, 3.63) is 84.3 Å². The summed E-state index contributed by atoms with van der Waals surface area (Å²) in [6, 6.07) is 20.2. The molecule has 0 amide bonds. The molecule has 0 fully saturated rings. The normalized spacial score (nSPS) is 14.5. The largest absolute Gasteiger partial charge is 0.396 e. The van der Waals surface area contributed by atoms with Crippen molar-refractivity contribution in [1.29, 1.82) is 0 Å². The fourth-order valence-corrected chi connectivity index (χ4v) is 4.42. The van der Waals surface area contributed by atoms with E-state index in [2.05, 4.69) is 42.4 Å². The molecule has 210 valence electrons. The fourth-order valence-electron chi connectivity index (χ4n) is 4.42. The standard InChI is InChI=1S/C21H19N5.C10H23N.C2H6/c1-26-12-11-24-21(23)20(26)19(22)16-8-7-15-9-10-17(25-18(15)13-16)14-5-3-2-4-6-14;1-4-5-6-7-8-10(2)9-11-3;1-2/h2-13H,22H2,1H3,(H2,23,24);10-11H,4-9H2,1-3H3;1-2H3/b20-19-;;. The van der Waals surface area contributed by atoms with Gasteiger partial charge in [0.05, 0.1) is 16.9 Å². The van der Waals surface area contributed by atoms with Gasteiger partial charge < -0.3 is 21.7 Å². The maximum atomic E-state index is 6.41. The van der Waals surface area contributed by atoms with Crippen LogP contribution in [0.15, 0.2) is 83.8 Å². The second-order valence-corrected chi connectivity index (χ2v) is 9.67. The predicted octanol–water partition coefficient (Wildman–Crippen LogP) is 7.14. The van der Waals surface area contributed by atoms with Gasteiger partial charge in [-0.2, -0.15) is 0 Å². The van der Waals surface area contributed by atoms with Crippen molar-refractivity contribution in [1.82, 2.24) is 15.2 Å². The van der Waals surface area contributed by atoms with Gasteiger partial charge in [-0.15, -0.1) is 0 Å². The first kappa shape index (κ1) is 31.6. The third-order valence-corrected chi connectivity index (χ3v) is 6.53. The van der Waals surface area contributed by atoms with Crippen LogP contribution >= 0.6 is 0 Å². The minimum absolute atomic E-state index is 0.401. The highest BCUT2D eigenvalue weighted by atomic mass is 15.2. The molecule has 5 N–H and O–H groups in total. The van der Waals surface area contributed by atoms with E-state index in [-0.39, 0.29) is 0 Å². The average Bonchev–Trinajstić information content (AvgIpc) is 2.96. The Hall–Kier alpha value is -3.64. The maximum absolute atomic E-state index is 6.41. The van der Waals surface area contributed by atoms with Crippen LogP contribution in [-0.2, 0) is 0 Å². The van der Waals surface area contributed by atoms with Crippen LogP contribution in [0.1, 0.15) is 65.4 Å². The maximum Gasteiger partial charge on any atom is 0.149 e. The molecule has 1 aliphatic rings. The summed E-state index contributed by atoms with van der Waals surface area (Å²) in [6.07, 6.45) is 10.5. The van der Waals surface area contributed by atoms with Crippen molar-refractivity contribution in [2.24, 2.45) is 22.4 Å². The van der Waals surface area contributed by atoms with E-state index in [0.29, 0.717) is 17.2 Å². The third kappa shape index (κ3) is 9.56. The lowest BCUT2D eigenvalue weighted by molar-refractivity contribution is 0.471. The average molecular weight is 529 g/mol. The zero-order chi connectivity index (χ0) is 28.6. The number of fused-ring (bicyclic) bond motifs is 1. The van der Waals surface area contributed by atoms with Gasteiger partial charge in [-0.3, -0.25) is 0 Å². The summed E-state index contributed by atoms with van der Waals surface area (Å²) in [5.74, 6) is 1.26. The summed E-state index contributed by atoms with van der Waals surface area (Å²) in [6.45, 7) is 9.76. The number of hydrogen-bond acceptors (Lipinski definition) is 6. The van der Waals surface area contributed by atoms with Crippen LogP contribution < -0.4 is 16.8 Å². The highest BCUT2D eigenvalue weighted by Gasteiger charge is 2.16. The van der Waals surface area contributed by atoms with Gasteiger partial charge >= 0.3 is 0 Å². The molecule has 39 heavy (non-hydrogen) atoms. The molecule has 6 nitrogen and oxygen atoms in total. The Bertz CT molecular complexity index is 1230. The number of rotatable bonds is 9. The third-order valence-electron chi connectivity index (χ3n) is 6.53. The summed E-state index contributed by atoms with van der Waals surface area (Å²) < 4.78 is 0. The van der Waals surface area contributed by atoms with Crippen molar-refractivity contribution in [3.8, 4) is 11.3 Å². The van der Waals surface area contributed by atoms with Crippen LogP contribution in [0.25, 0.3) is 27.9 Å². The molecule has 0 spiro atoms. The Morgan fingerprint density at radius 3 is 2.38 bits per heavy atom. The number of unbranched alkanes of at least 4 members (excludes halogenated alkanes) is 3. The summed E-state index contributed by atoms with van der Waals surface area (Å²) >= 11 is 0. The molecule has 1 atom stereocenters. The van der Waals surface area contributed by atoms with E-state index in [0.717, 1.165) is 33.6 Å². The van der Waals surface area contributed by atoms with E-state index in [1.165, 1.54) is 38.6 Å². The quantitative estimate of drug-likeness (QED) is 0.257. The topological polar surface area (TPSA) is 92.6 Å². The molecule has 4 rings (SSSR count). The van der Waals surface area contributed by atoms with Crippen molar-refractivity contribution in [2.45, 2.75) is 59.8 Å². The van der Waals surface area contributed by atoms with E-state index >= 15 is 0 Å². The van der Waals surface area contributed by atoms with E-state index in [1.54, 1.807) is 6.20 Å². The number of nitrogens with zero attached hydrogens (tertiary/aromatic N) is 3. The molecular weight excluding hydrogens is 480 g/mol. The summed E-state index contributed by atoms with van der Waals surface area (Å²) in [5.41, 5.74) is 17.5. The number of nitrogens with one attached hydrogen (secondary N) is 1. The minimum Gasteiger partial charge on any atom is -0.396 e. The van der Waals surface area contributed by atoms with Crippen molar-refractivity contribution < 1.29 is 0 Å². The molecule has 1 unspecified atom stereocenters. The SMILES string of the molecule is CC.CCCCCCC(C)CNC.CN1C=CN=C(N)/C1=C(/N)c1ccc2ccc(-c3ccccc3)nc2c1. The molecule has 2 heterocycles. The van der Waals surface area contributed by atoms with Crippen LogP contribution in [0.2, 0.25) is 0 Å². The molecule has 0 bridgehead atoms. The predicted molar refractivity (Wildman–Crippen MR) is 170 cm³/mol. The molecule has 2 aromatic carbocycles. The zero-order valence-corrected chi connectivity index (χ0v) is 24.7. The molecule has 1 aliphatic heterocycles. The van der Waals surface area contributed by atoms with Gasteiger partial charge in [0, 0.05) is 36.0 Å². The second-order valence-electron chi connectivity index (χ2n) is 9.67. The number of amidine groups is 1. The molecule has 0 saturated carbocycles. The number of pyridine rings is 1. The zero-order valence-electron chi connectivity index (χ0n) is 24.7. The van der Waals surface area contributed by atoms with Gasteiger partial charge in [-0.25, -0.2) is 9.98 Å². The van der Waals surface area contributed by atoms with Gasteiger partial charge in [0.1, 0.15) is 11.5 Å². The molecule has 0 radical (unpaired) electrons. The minimum atomic E-state index is 0.401. The number of aliphatic imine (C=N–C) groups is 1. The Morgan fingerprint density at radius 1 is 1.00 bits per heavy atom. The van der Waals surface area contributed by atoms with E-state index in [4.69, 9.17) is 16.5 Å². The number of hydrogen-bond donors (Lipinski definition) is 3. The van der Waals surface area contributed by atoms with E-state index in [9.17, 15) is 0 Å². The van der Waals surface area contributed by atoms with Crippen LogP contribution in [0, 0.1) is 5.92 Å². The van der Waals surface area contributed by atoms with Crippen LogP contribution in [0.5, 0.6) is 0 Å². The molecule has 0 aliphatic carbocycles. The first-order valence-electron chi connectivity index (χ1n) is 14.3. The Balaban J connectivity index is 0.000000349. The monoisotopic (exact) mass is 528 g/mol. The van der Waals surface area contributed by atoms with Crippen molar-refractivity contribution in [2.75, 3.05) is 20.6 Å². The van der Waals surface area contributed by atoms with E-state index in [1.807, 2.05) is 81.5 Å². The van der Waals surface area contributed by atoms with Crippen molar-refractivity contribution in [3.63, 3.8) is 0 Å². The van der Waals surface area contributed by atoms with Gasteiger partial charge in [-0.1, -0.05) is 102 Å². The molecule has 0 saturated heterocycles. The summed E-state index contributed by atoms with van der Waals surface area (Å²) in [5, 5.41) is 4.27. The van der Waals surface area contributed by atoms with Crippen molar-refractivity contribution >= 4 is 22.4 Å². The van der Waals surface area contributed by atoms with Gasteiger partial charge in [0.25, 0.3) is 0 Å². The smallest absolute Gasteiger partial charge is 0.149 e. The lowest BCUT2D eigenvalue weighted by Crippen LogP contribution is -2.30. The Labute approximate surface area is 235 Å². The Kier molecular flexibility index (Phi) is 13.8. The van der Waals surface area contributed by atoms with Gasteiger partial charge in [0.2, 0.25) is 0 Å². The number of aromatic nitrogens is 1.